The van der Waals surface area contributed by atoms with Gasteiger partial charge in [0.15, 0.2) is 0 Å². The number of benzene rings is 1. The van der Waals surface area contributed by atoms with Crippen molar-refractivity contribution in [1.29, 1.82) is 0 Å². The Hall–Kier alpha value is -2.44. The van der Waals surface area contributed by atoms with Gasteiger partial charge in [-0.1, -0.05) is 31.4 Å². The Kier molecular flexibility index (Phi) is 7.76. The van der Waals surface area contributed by atoms with E-state index in [2.05, 4.69) is 10.6 Å². The maximum Gasteiger partial charge on any atom is 0.328 e. The van der Waals surface area contributed by atoms with Gasteiger partial charge < -0.3 is 15.4 Å². The van der Waals surface area contributed by atoms with Crippen LogP contribution in [0.15, 0.2) is 24.3 Å². The van der Waals surface area contributed by atoms with Gasteiger partial charge >= 0.3 is 5.97 Å². The summed E-state index contributed by atoms with van der Waals surface area (Å²) < 4.78 is 18.0. The Morgan fingerprint density at radius 1 is 1.11 bits per heavy atom. The van der Waals surface area contributed by atoms with Crippen molar-refractivity contribution < 1.29 is 23.5 Å². The predicted octanol–water partition coefficient (Wildman–Crippen LogP) is 2.11. The first-order chi connectivity index (χ1) is 12.9. The number of hydrogen-bond acceptors (Lipinski definition) is 4. The standard InChI is InChI=1S/C20H27FN2O4/c1-13(24)22-17(12-14-8-10-16(21)11-9-14)19(25)23-18(20(26)27-2)15-6-4-3-5-7-15/h8-11,15,17-18H,3-7,12H2,1-2H3,(H,22,24)(H,23,25)/t17-,18+/m1/s1. The minimum atomic E-state index is -0.858. The van der Waals surface area contributed by atoms with Gasteiger partial charge in [-0.3, -0.25) is 9.59 Å². The maximum absolute atomic E-state index is 13.1. The Bertz CT molecular complexity index is 656. The molecular weight excluding hydrogens is 351 g/mol. The van der Waals surface area contributed by atoms with E-state index in [4.69, 9.17) is 4.74 Å². The van der Waals surface area contributed by atoms with Crippen molar-refractivity contribution in [2.45, 2.75) is 57.5 Å². The number of esters is 1. The van der Waals surface area contributed by atoms with E-state index in [1.807, 2.05) is 0 Å². The van der Waals surface area contributed by atoms with Crippen LogP contribution in [0.25, 0.3) is 0 Å². The molecule has 27 heavy (non-hydrogen) atoms. The monoisotopic (exact) mass is 378 g/mol. The lowest BCUT2D eigenvalue weighted by Gasteiger charge is -2.30. The highest BCUT2D eigenvalue weighted by atomic mass is 19.1. The summed E-state index contributed by atoms with van der Waals surface area (Å²) in [7, 11) is 1.30. The molecule has 0 aliphatic heterocycles. The first-order valence-corrected chi connectivity index (χ1v) is 9.30. The Morgan fingerprint density at radius 3 is 2.30 bits per heavy atom. The number of rotatable bonds is 7. The molecule has 148 valence electrons. The number of halogens is 1. The zero-order valence-corrected chi connectivity index (χ0v) is 15.8. The second kappa shape index (κ2) is 10.0. The highest BCUT2D eigenvalue weighted by Crippen LogP contribution is 2.27. The smallest absolute Gasteiger partial charge is 0.328 e. The van der Waals surface area contributed by atoms with Gasteiger partial charge in [-0.05, 0) is 36.5 Å². The third-order valence-electron chi connectivity index (χ3n) is 4.92. The number of amides is 2. The fraction of sp³-hybridized carbons (Fsp3) is 0.550. The third-order valence-corrected chi connectivity index (χ3v) is 4.92. The summed E-state index contributed by atoms with van der Waals surface area (Å²) in [6.45, 7) is 1.32. The summed E-state index contributed by atoms with van der Waals surface area (Å²) in [5, 5.41) is 5.38. The fourth-order valence-electron chi connectivity index (χ4n) is 3.53. The average molecular weight is 378 g/mol. The maximum atomic E-state index is 13.1. The molecule has 1 saturated carbocycles. The molecule has 0 heterocycles. The molecular formula is C20H27FN2O4. The molecule has 7 heteroatoms. The summed E-state index contributed by atoms with van der Waals surface area (Å²) in [5.74, 6) is -1.63. The SMILES string of the molecule is COC(=O)[C@@H](NC(=O)[C@@H](Cc1ccc(F)cc1)NC(C)=O)C1CCCCC1. The van der Waals surface area contributed by atoms with Crippen molar-refractivity contribution in [3.63, 3.8) is 0 Å². The highest BCUT2D eigenvalue weighted by Gasteiger charge is 2.33. The quantitative estimate of drug-likeness (QED) is 0.712. The Balaban J connectivity index is 2.12. The molecule has 1 aromatic carbocycles. The molecule has 1 aliphatic carbocycles. The van der Waals surface area contributed by atoms with E-state index >= 15 is 0 Å². The van der Waals surface area contributed by atoms with Gasteiger partial charge in [-0.15, -0.1) is 0 Å². The number of hydrogen-bond donors (Lipinski definition) is 2. The van der Waals surface area contributed by atoms with Crippen molar-refractivity contribution in [1.82, 2.24) is 10.6 Å². The normalized spacial score (nSPS) is 16.9. The summed E-state index contributed by atoms with van der Waals surface area (Å²) in [6.07, 6.45) is 5.05. The van der Waals surface area contributed by atoms with Gasteiger partial charge in [0.1, 0.15) is 17.9 Å². The van der Waals surface area contributed by atoms with Crippen molar-refractivity contribution in [3.05, 3.63) is 35.6 Å². The minimum Gasteiger partial charge on any atom is -0.467 e. The zero-order valence-electron chi connectivity index (χ0n) is 15.8. The van der Waals surface area contributed by atoms with Gasteiger partial charge in [0.05, 0.1) is 7.11 Å². The lowest BCUT2D eigenvalue weighted by Crippen LogP contribution is -2.54. The van der Waals surface area contributed by atoms with Crippen molar-refractivity contribution >= 4 is 17.8 Å². The second-order valence-corrected chi connectivity index (χ2v) is 6.99. The van der Waals surface area contributed by atoms with Crippen LogP contribution in [0.4, 0.5) is 4.39 Å². The molecule has 2 rings (SSSR count). The van der Waals surface area contributed by atoms with Gasteiger partial charge in [0.25, 0.3) is 0 Å². The van der Waals surface area contributed by atoms with E-state index in [1.54, 1.807) is 12.1 Å². The van der Waals surface area contributed by atoms with E-state index < -0.39 is 24.0 Å². The largest absolute Gasteiger partial charge is 0.467 e. The molecule has 0 bridgehead atoms. The number of carbonyl (C=O) groups excluding carboxylic acids is 3. The molecule has 0 spiro atoms. The molecule has 0 aromatic heterocycles. The first kappa shape index (κ1) is 20.9. The third kappa shape index (κ3) is 6.34. The van der Waals surface area contributed by atoms with Crippen LogP contribution in [0.2, 0.25) is 0 Å². The van der Waals surface area contributed by atoms with Gasteiger partial charge in [-0.25, -0.2) is 9.18 Å². The lowest BCUT2D eigenvalue weighted by atomic mass is 9.83. The van der Waals surface area contributed by atoms with Crippen molar-refractivity contribution in [2.24, 2.45) is 5.92 Å². The van der Waals surface area contributed by atoms with Crippen LogP contribution in [0.3, 0.4) is 0 Å². The highest BCUT2D eigenvalue weighted by molar-refractivity contribution is 5.90. The van der Waals surface area contributed by atoms with Crippen LogP contribution < -0.4 is 10.6 Å². The topological polar surface area (TPSA) is 84.5 Å². The van der Waals surface area contributed by atoms with Gasteiger partial charge in [0, 0.05) is 13.3 Å². The molecule has 2 amide bonds. The van der Waals surface area contributed by atoms with Crippen LogP contribution in [0.1, 0.15) is 44.6 Å². The molecule has 0 radical (unpaired) electrons. The van der Waals surface area contributed by atoms with Gasteiger partial charge in [-0.2, -0.15) is 0 Å². The Labute approximate surface area is 158 Å². The molecule has 2 N–H and O–H groups in total. The minimum absolute atomic E-state index is 0.0268. The molecule has 2 atom stereocenters. The summed E-state index contributed by atoms with van der Waals surface area (Å²) in [5.41, 5.74) is 0.706. The number of nitrogens with one attached hydrogen (secondary N) is 2. The van der Waals surface area contributed by atoms with Crippen LogP contribution in [0.5, 0.6) is 0 Å². The van der Waals surface area contributed by atoms with Crippen molar-refractivity contribution in [3.8, 4) is 0 Å². The van der Waals surface area contributed by atoms with Crippen LogP contribution >= 0.6 is 0 Å². The zero-order chi connectivity index (χ0) is 19.8. The fourth-order valence-corrected chi connectivity index (χ4v) is 3.53. The first-order valence-electron chi connectivity index (χ1n) is 9.30. The van der Waals surface area contributed by atoms with E-state index in [0.717, 1.165) is 32.1 Å². The van der Waals surface area contributed by atoms with Crippen LogP contribution in [-0.4, -0.2) is 37.0 Å². The predicted molar refractivity (Wildman–Crippen MR) is 98.2 cm³/mol. The van der Waals surface area contributed by atoms with Crippen LogP contribution in [-0.2, 0) is 25.5 Å². The van der Waals surface area contributed by atoms with E-state index in [0.29, 0.717) is 5.56 Å². The summed E-state index contributed by atoms with van der Waals surface area (Å²) in [4.78, 5) is 36.6. The average Bonchev–Trinajstić information content (AvgIpc) is 2.66. The number of carbonyl (C=O) groups is 3. The van der Waals surface area contributed by atoms with Gasteiger partial charge in [0.2, 0.25) is 11.8 Å². The number of ether oxygens (including phenoxy) is 1. The van der Waals surface area contributed by atoms with E-state index in [-0.39, 0.29) is 24.1 Å². The molecule has 0 unspecified atom stereocenters. The molecule has 1 aromatic rings. The molecule has 1 fully saturated rings. The molecule has 6 nitrogen and oxygen atoms in total. The second-order valence-electron chi connectivity index (χ2n) is 6.99. The van der Waals surface area contributed by atoms with E-state index in [1.165, 1.54) is 26.2 Å². The molecule has 1 aliphatic rings. The summed E-state index contributed by atoms with van der Waals surface area (Å²) >= 11 is 0. The Morgan fingerprint density at radius 2 is 1.74 bits per heavy atom. The van der Waals surface area contributed by atoms with E-state index in [9.17, 15) is 18.8 Å². The van der Waals surface area contributed by atoms with Crippen LogP contribution in [0, 0.1) is 11.7 Å². The molecule has 0 saturated heterocycles. The number of methoxy groups -OCH3 is 1. The lowest BCUT2D eigenvalue weighted by molar-refractivity contribution is -0.147. The van der Waals surface area contributed by atoms with Crippen molar-refractivity contribution in [2.75, 3.05) is 7.11 Å². The summed E-state index contributed by atoms with van der Waals surface area (Å²) in [6, 6.07) is 4.15.